The third-order valence-electron chi connectivity index (χ3n) is 3.75. The number of phenols is 1. The van der Waals surface area contributed by atoms with E-state index < -0.39 is 0 Å². The van der Waals surface area contributed by atoms with E-state index in [2.05, 4.69) is 0 Å². The molecule has 1 fully saturated rings. The molecule has 88 valence electrons. The molecule has 0 spiro atoms. The highest BCUT2D eigenvalue weighted by molar-refractivity contribution is 5.46. The molecule has 0 radical (unpaired) electrons. The van der Waals surface area contributed by atoms with E-state index in [0.29, 0.717) is 17.2 Å². The summed E-state index contributed by atoms with van der Waals surface area (Å²) in [6.45, 7) is 1.86. The number of hydrogen-bond donors (Lipinski definition) is 2. The molecule has 0 amide bonds. The van der Waals surface area contributed by atoms with Crippen molar-refractivity contribution in [3.63, 3.8) is 0 Å². The zero-order chi connectivity index (χ0) is 11.5. The van der Waals surface area contributed by atoms with Gasteiger partial charge >= 0.3 is 0 Å². The molecular weight excluding hydrogens is 200 g/mol. The second-order valence-electron chi connectivity index (χ2n) is 4.79. The van der Waals surface area contributed by atoms with Gasteiger partial charge in [-0.3, -0.25) is 0 Å². The maximum Gasteiger partial charge on any atom is 0.124 e. The van der Waals surface area contributed by atoms with Crippen LogP contribution in [0.25, 0.3) is 0 Å². The molecule has 1 saturated carbocycles. The lowest BCUT2D eigenvalue weighted by Gasteiger charge is -2.24. The average molecular weight is 220 g/mol. The summed E-state index contributed by atoms with van der Waals surface area (Å²) in [7, 11) is 0. The summed E-state index contributed by atoms with van der Waals surface area (Å²) in [4.78, 5) is 0. The van der Waals surface area contributed by atoms with Gasteiger partial charge in [0.15, 0.2) is 0 Å². The monoisotopic (exact) mass is 220 g/mol. The van der Waals surface area contributed by atoms with Crippen molar-refractivity contribution in [1.82, 2.24) is 0 Å². The Morgan fingerprint density at radius 3 is 2.50 bits per heavy atom. The molecular formula is C14H20O2. The van der Waals surface area contributed by atoms with E-state index in [1.165, 1.54) is 32.1 Å². The molecule has 1 aromatic rings. The van der Waals surface area contributed by atoms with Gasteiger partial charge < -0.3 is 10.2 Å². The Kier molecular flexibility index (Phi) is 3.49. The normalized spacial score (nSPS) is 17.6. The van der Waals surface area contributed by atoms with Crippen molar-refractivity contribution in [3.05, 3.63) is 28.8 Å². The summed E-state index contributed by atoms with van der Waals surface area (Å²) < 4.78 is 0. The first-order chi connectivity index (χ1) is 7.74. The van der Waals surface area contributed by atoms with Crippen molar-refractivity contribution in [2.75, 3.05) is 0 Å². The fraction of sp³-hybridized carbons (Fsp3) is 0.571. The molecule has 0 heterocycles. The van der Waals surface area contributed by atoms with Gasteiger partial charge in [-0.15, -0.1) is 0 Å². The smallest absolute Gasteiger partial charge is 0.124 e. The first kappa shape index (κ1) is 11.5. The molecule has 16 heavy (non-hydrogen) atoms. The van der Waals surface area contributed by atoms with Gasteiger partial charge in [-0.2, -0.15) is 0 Å². The van der Waals surface area contributed by atoms with Crippen molar-refractivity contribution in [3.8, 4) is 5.75 Å². The summed E-state index contributed by atoms with van der Waals surface area (Å²) >= 11 is 0. The van der Waals surface area contributed by atoms with Gasteiger partial charge in [-0.25, -0.2) is 0 Å². The van der Waals surface area contributed by atoms with Gasteiger partial charge in [-0.05, 0) is 36.8 Å². The van der Waals surface area contributed by atoms with E-state index in [0.717, 1.165) is 11.1 Å². The minimum Gasteiger partial charge on any atom is -0.507 e. The average Bonchev–Trinajstić information content (AvgIpc) is 2.31. The molecule has 0 aliphatic heterocycles. The minimum absolute atomic E-state index is 0.0712. The molecule has 1 aliphatic carbocycles. The molecule has 2 N–H and O–H groups in total. The Morgan fingerprint density at radius 1 is 1.19 bits per heavy atom. The van der Waals surface area contributed by atoms with E-state index >= 15 is 0 Å². The highest BCUT2D eigenvalue weighted by Crippen LogP contribution is 2.39. The second-order valence-corrected chi connectivity index (χ2v) is 4.79. The molecule has 2 nitrogen and oxygen atoms in total. The van der Waals surface area contributed by atoms with Crippen LogP contribution < -0.4 is 0 Å². The third-order valence-corrected chi connectivity index (χ3v) is 3.75. The van der Waals surface area contributed by atoms with E-state index in [1.54, 1.807) is 0 Å². The molecule has 1 aromatic carbocycles. The number of hydrogen-bond acceptors (Lipinski definition) is 2. The molecule has 0 bridgehead atoms. The summed E-state index contributed by atoms with van der Waals surface area (Å²) in [5.74, 6) is 0.814. The maximum absolute atomic E-state index is 10.2. The largest absolute Gasteiger partial charge is 0.507 e. The van der Waals surface area contributed by atoms with Crippen LogP contribution in [-0.4, -0.2) is 10.2 Å². The summed E-state index contributed by atoms with van der Waals surface area (Å²) in [6, 6.07) is 4.04. The van der Waals surface area contributed by atoms with Crippen molar-refractivity contribution >= 4 is 0 Å². The Labute approximate surface area is 96.9 Å². The zero-order valence-electron chi connectivity index (χ0n) is 9.87. The molecule has 0 saturated heterocycles. The van der Waals surface area contributed by atoms with Gasteiger partial charge in [0.05, 0.1) is 6.61 Å². The van der Waals surface area contributed by atoms with Gasteiger partial charge in [0.2, 0.25) is 0 Å². The van der Waals surface area contributed by atoms with E-state index in [9.17, 15) is 10.2 Å². The van der Waals surface area contributed by atoms with Crippen molar-refractivity contribution in [1.29, 1.82) is 0 Å². The van der Waals surface area contributed by atoms with Crippen molar-refractivity contribution in [2.45, 2.75) is 51.6 Å². The van der Waals surface area contributed by atoms with Gasteiger partial charge in [0, 0.05) is 5.56 Å². The minimum atomic E-state index is -0.0712. The molecule has 2 rings (SSSR count). The Hall–Kier alpha value is -1.02. The van der Waals surface area contributed by atoms with Crippen LogP contribution in [0.5, 0.6) is 5.75 Å². The van der Waals surface area contributed by atoms with Crippen LogP contribution >= 0.6 is 0 Å². The van der Waals surface area contributed by atoms with E-state index in [1.807, 2.05) is 19.1 Å². The standard InChI is InChI=1S/C14H20O2/c1-10-7-8-12(14(16)13(10)9-15)11-5-3-2-4-6-11/h7-8,11,15-16H,2-6,9H2,1H3. The van der Waals surface area contributed by atoms with Crippen LogP contribution in [0.3, 0.4) is 0 Å². The van der Waals surface area contributed by atoms with Crippen LogP contribution in [0.2, 0.25) is 0 Å². The van der Waals surface area contributed by atoms with Gasteiger partial charge in [0.25, 0.3) is 0 Å². The van der Waals surface area contributed by atoms with Crippen LogP contribution in [0.1, 0.15) is 54.7 Å². The van der Waals surface area contributed by atoms with Crippen LogP contribution in [0, 0.1) is 6.92 Å². The fourth-order valence-electron chi connectivity index (χ4n) is 2.70. The summed E-state index contributed by atoms with van der Waals surface area (Å²) in [5, 5.41) is 19.4. The topological polar surface area (TPSA) is 40.5 Å². The summed E-state index contributed by atoms with van der Waals surface area (Å²) in [5.41, 5.74) is 2.71. The number of aromatic hydroxyl groups is 1. The number of aryl methyl sites for hydroxylation is 1. The highest BCUT2D eigenvalue weighted by Gasteiger charge is 2.20. The number of rotatable bonds is 2. The molecule has 0 atom stereocenters. The SMILES string of the molecule is Cc1ccc(C2CCCCC2)c(O)c1CO. The van der Waals surface area contributed by atoms with Gasteiger partial charge in [0.1, 0.15) is 5.75 Å². The van der Waals surface area contributed by atoms with Gasteiger partial charge in [-0.1, -0.05) is 31.4 Å². The number of aliphatic hydroxyl groups is 1. The van der Waals surface area contributed by atoms with Crippen LogP contribution in [-0.2, 0) is 6.61 Å². The Balaban J connectivity index is 2.33. The third kappa shape index (κ3) is 2.07. The van der Waals surface area contributed by atoms with Crippen LogP contribution in [0.4, 0.5) is 0 Å². The fourth-order valence-corrected chi connectivity index (χ4v) is 2.70. The first-order valence-electron chi connectivity index (χ1n) is 6.16. The molecule has 1 aliphatic rings. The summed E-state index contributed by atoms with van der Waals surface area (Å²) in [6.07, 6.45) is 6.16. The zero-order valence-corrected chi connectivity index (χ0v) is 9.87. The quantitative estimate of drug-likeness (QED) is 0.803. The lowest BCUT2D eigenvalue weighted by molar-refractivity contribution is 0.273. The predicted molar refractivity (Wildman–Crippen MR) is 64.6 cm³/mol. The Morgan fingerprint density at radius 2 is 1.88 bits per heavy atom. The second kappa shape index (κ2) is 4.88. The molecule has 0 unspecified atom stereocenters. The van der Waals surface area contributed by atoms with Crippen molar-refractivity contribution < 1.29 is 10.2 Å². The number of benzene rings is 1. The number of aliphatic hydroxyl groups excluding tert-OH is 1. The maximum atomic E-state index is 10.2. The highest BCUT2D eigenvalue weighted by atomic mass is 16.3. The van der Waals surface area contributed by atoms with Crippen LogP contribution in [0.15, 0.2) is 12.1 Å². The first-order valence-corrected chi connectivity index (χ1v) is 6.16. The molecule has 2 heteroatoms. The predicted octanol–water partition coefficient (Wildman–Crippen LogP) is 3.24. The van der Waals surface area contributed by atoms with Crippen molar-refractivity contribution in [2.24, 2.45) is 0 Å². The van der Waals surface area contributed by atoms with E-state index in [-0.39, 0.29) is 6.61 Å². The van der Waals surface area contributed by atoms with E-state index in [4.69, 9.17) is 0 Å². The molecule has 0 aromatic heterocycles. The lowest BCUT2D eigenvalue weighted by atomic mass is 9.82. The lowest BCUT2D eigenvalue weighted by Crippen LogP contribution is -2.06. The Bertz CT molecular complexity index is 365.